The maximum Gasteiger partial charge on any atom is 0.330 e. The normalized spacial score (nSPS) is 21.6. The summed E-state index contributed by atoms with van der Waals surface area (Å²) in [6.45, 7) is 4.59. The van der Waals surface area contributed by atoms with Gasteiger partial charge in [-0.05, 0) is 60.5 Å². The number of thioether (sulfide) groups is 2. The van der Waals surface area contributed by atoms with Gasteiger partial charge in [0.2, 0.25) is 17.6 Å². The maximum absolute atomic E-state index is 14.7. The van der Waals surface area contributed by atoms with Gasteiger partial charge in [-0.1, -0.05) is 76.3 Å². The fourth-order valence-corrected chi connectivity index (χ4v) is 11.4. The van der Waals surface area contributed by atoms with Crippen molar-refractivity contribution in [2.75, 3.05) is 24.7 Å². The van der Waals surface area contributed by atoms with Crippen LogP contribution >= 0.6 is 23.5 Å². The summed E-state index contributed by atoms with van der Waals surface area (Å²) in [5, 5.41) is 12.1. The average molecular weight is 785 g/mol. The summed E-state index contributed by atoms with van der Waals surface area (Å²) in [7, 11) is 0. The molecule has 4 atom stereocenters. The first-order valence-electron chi connectivity index (χ1n) is 19.8. The van der Waals surface area contributed by atoms with E-state index in [9.17, 15) is 38.7 Å². The zero-order valence-corrected chi connectivity index (χ0v) is 33.3. The number of aliphatic carboxylic acids is 1. The van der Waals surface area contributed by atoms with E-state index in [1.807, 2.05) is 13.8 Å². The molecule has 54 heavy (non-hydrogen) atoms. The van der Waals surface area contributed by atoms with Gasteiger partial charge in [-0.3, -0.25) is 28.8 Å². The fraction of sp³-hybridized carbons (Fsp3) is 0.683. The van der Waals surface area contributed by atoms with E-state index in [2.05, 4.69) is 5.32 Å². The summed E-state index contributed by atoms with van der Waals surface area (Å²) in [5.74, 6) is -3.39. The number of nitrogens with one attached hydrogen (secondary N) is 1. The summed E-state index contributed by atoms with van der Waals surface area (Å²) in [6.07, 6.45) is 7.48. The number of Topliss-reactive ketones (excluding diaryl/α,β-unsaturated/α-hetero) is 3. The van der Waals surface area contributed by atoms with Crippen molar-refractivity contribution in [3.8, 4) is 0 Å². The predicted octanol–water partition coefficient (Wildman–Crippen LogP) is 6.18. The standard InChI is InChI=1S/C41H56N2O9S2/c1-26(2)24-52-36(47)22-31(28-10-5-3-6-11-28)39(49)43-25-41(53-18-9-19-54-41)23-32(43)34(45)21-30(20-27-14-15-27)38(48)33(44)16-17-35(46)42-37(40(50)51)29-12-7-4-8-13-29/h4,7-8,12-13,26-28,30-32,37H,3,5-6,9-11,14-25H2,1-2H3,(H,42,46)(H,50,51)/t30?,31-,32-,37-/m0/s1. The number of amides is 2. The molecule has 1 aromatic rings. The number of likely N-dealkylation sites (tertiary alicyclic amines) is 1. The average Bonchev–Trinajstić information content (AvgIpc) is 3.92. The number of hydrogen-bond acceptors (Lipinski definition) is 10. The van der Waals surface area contributed by atoms with Crippen LogP contribution in [0.1, 0.15) is 115 Å². The minimum atomic E-state index is -1.30. The molecule has 2 N–H and O–H groups in total. The van der Waals surface area contributed by atoms with Crippen LogP contribution in [-0.4, -0.2) is 85.9 Å². The number of hydrogen-bond donors (Lipinski definition) is 2. The number of carboxylic acids is 1. The van der Waals surface area contributed by atoms with Crippen LogP contribution in [0.3, 0.4) is 0 Å². The molecule has 13 heteroatoms. The lowest BCUT2D eigenvalue weighted by molar-refractivity contribution is -0.152. The van der Waals surface area contributed by atoms with Crippen LogP contribution in [0.2, 0.25) is 0 Å². The highest BCUT2D eigenvalue weighted by atomic mass is 32.2. The molecule has 4 fully saturated rings. The minimum absolute atomic E-state index is 0.0225. The second-order valence-corrected chi connectivity index (χ2v) is 19.2. The van der Waals surface area contributed by atoms with Gasteiger partial charge < -0.3 is 20.1 Å². The third-order valence-electron chi connectivity index (χ3n) is 11.1. The molecule has 11 nitrogen and oxygen atoms in total. The molecular weight excluding hydrogens is 729 g/mol. The Kier molecular flexibility index (Phi) is 15.2. The number of ketones is 3. The molecule has 1 unspecified atom stereocenters. The van der Waals surface area contributed by atoms with E-state index in [4.69, 9.17) is 4.74 Å². The van der Waals surface area contributed by atoms with Gasteiger partial charge in [0.1, 0.15) is 0 Å². The quantitative estimate of drug-likeness (QED) is 0.122. The molecule has 2 amide bonds. The number of ether oxygens (including phenoxy) is 1. The van der Waals surface area contributed by atoms with Crippen LogP contribution in [0.4, 0.5) is 0 Å². The summed E-state index contributed by atoms with van der Waals surface area (Å²) < 4.78 is 5.19. The van der Waals surface area contributed by atoms with Crippen molar-refractivity contribution in [1.29, 1.82) is 0 Å². The molecule has 296 valence electrons. The van der Waals surface area contributed by atoms with E-state index >= 15 is 0 Å². The van der Waals surface area contributed by atoms with Gasteiger partial charge >= 0.3 is 11.9 Å². The Bertz CT molecular complexity index is 1520. The first-order chi connectivity index (χ1) is 25.9. The molecule has 2 heterocycles. The molecule has 2 aliphatic heterocycles. The van der Waals surface area contributed by atoms with Gasteiger partial charge in [0, 0.05) is 38.1 Å². The second kappa shape index (κ2) is 19.6. The Morgan fingerprint density at radius 2 is 1.59 bits per heavy atom. The molecule has 1 spiro atoms. The van der Waals surface area contributed by atoms with Gasteiger partial charge in [0.25, 0.3) is 0 Å². The summed E-state index contributed by atoms with van der Waals surface area (Å²) >= 11 is 3.56. The third-order valence-corrected chi connectivity index (χ3v) is 14.5. The molecule has 2 saturated carbocycles. The number of rotatable bonds is 19. The van der Waals surface area contributed by atoms with Crippen molar-refractivity contribution >= 4 is 64.6 Å². The lowest BCUT2D eigenvalue weighted by Gasteiger charge is -2.35. The minimum Gasteiger partial charge on any atom is -0.479 e. The van der Waals surface area contributed by atoms with Crippen molar-refractivity contribution in [1.82, 2.24) is 10.2 Å². The van der Waals surface area contributed by atoms with Crippen LogP contribution in [0.25, 0.3) is 0 Å². The molecule has 2 saturated heterocycles. The Morgan fingerprint density at radius 1 is 0.907 bits per heavy atom. The lowest BCUT2D eigenvalue weighted by Crippen LogP contribution is -2.47. The van der Waals surface area contributed by atoms with Crippen LogP contribution < -0.4 is 5.32 Å². The smallest absolute Gasteiger partial charge is 0.330 e. The van der Waals surface area contributed by atoms with Crippen molar-refractivity contribution < 1.29 is 43.4 Å². The zero-order valence-electron chi connectivity index (χ0n) is 31.6. The van der Waals surface area contributed by atoms with Crippen molar-refractivity contribution in [3.63, 3.8) is 0 Å². The number of carbonyl (C=O) groups excluding carboxylic acids is 6. The number of nitrogens with zero attached hydrogens (tertiary/aromatic N) is 1. The Balaban J connectivity index is 1.29. The molecule has 0 aromatic heterocycles. The van der Waals surface area contributed by atoms with Gasteiger partial charge in [-0.15, -0.1) is 23.5 Å². The molecule has 0 bridgehead atoms. The van der Waals surface area contributed by atoms with E-state index in [0.29, 0.717) is 24.9 Å². The highest BCUT2D eigenvalue weighted by Gasteiger charge is 2.52. The van der Waals surface area contributed by atoms with Crippen LogP contribution in [0.15, 0.2) is 30.3 Å². The van der Waals surface area contributed by atoms with Crippen LogP contribution in [-0.2, 0) is 38.3 Å². The summed E-state index contributed by atoms with van der Waals surface area (Å²) in [5.41, 5.74) is 0.381. The molecule has 4 aliphatic rings. The lowest BCUT2D eigenvalue weighted by atomic mass is 9.77. The number of carboxylic acid groups (broad SMARTS) is 1. The Hall–Kier alpha value is -3.19. The van der Waals surface area contributed by atoms with E-state index in [0.717, 1.165) is 62.9 Å². The van der Waals surface area contributed by atoms with Crippen LogP contribution in [0, 0.1) is 29.6 Å². The van der Waals surface area contributed by atoms with Gasteiger partial charge in [0.05, 0.1) is 29.1 Å². The number of carbonyl (C=O) groups is 7. The van der Waals surface area contributed by atoms with Crippen LogP contribution in [0.5, 0.6) is 0 Å². The number of esters is 1. The molecule has 0 radical (unpaired) electrons. The largest absolute Gasteiger partial charge is 0.479 e. The number of benzene rings is 1. The first-order valence-corrected chi connectivity index (χ1v) is 21.7. The first kappa shape index (κ1) is 42.0. The zero-order chi connectivity index (χ0) is 38.8. The highest BCUT2D eigenvalue weighted by molar-refractivity contribution is 8.18. The fourth-order valence-electron chi connectivity index (χ4n) is 8.05. The summed E-state index contributed by atoms with van der Waals surface area (Å²) in [4.78, 5) is 95.5. The second-order valence-electron chi connectivity index (χ2n) is 16.0. The highest BCUT2D eigenvalue weighted by Crippen LogP contribution is 2.51. The van der Waals surface area contributed by atoms with Gasteiger partial charge in [-0.2, -0.15) is 0 Å². The summed E-state index contributed by atoms with van der Waals surface area (Å²) in [6, 6.07) is 6.15. The Morgan fingerprint density at radius 3 is 2.22 bits per heavy atom. The topological polar surface area (TPSA) is 164 Å². The van der Waals surface area contributed by atoms with E-state index < -0.39 is 59.8 Å². The predicted molar refractivity (Wildman–Crippen MR) is 208 cm³/mol. The third kappa shape index (κ3) is 11.7. The SMILES string of the molecule is CC(C)COC(=O)C[C@H](C(=O)N1CC2(C[C@H]1C(=O)CC(CC1CC1)C(=O)C(=O)CCC(=O)N[C@H](C(=O)O)c1ccccc1)SCCCS2)C1CCCCC1. The molecule has 2 aliphatic carbocycles. The van der Waals surface area contributed by atoms with Gasteiger partial charge in [-0.25, -0.2) is 4.79 Å². The molecular formula is C41H56N2O9S2. The van der Waals surface area contributed by atoms with Crippen molar-refractivity contribution in [2.45, 2.75) is 120 Å². The van der Waals surface area contributed by atoms with Crippen molar-refractivity contribution in [3.05, 3.63) is 35.9 Å². The maximum atomic E-state index is 14.7. The molecule has 5 rings (SSSR count). The van der Waals surface area contributed by atoms with Gasteiger partial charge in [0.15, 0.2) is 17.6 Å². The molecule has 1 aromatic carbocycles. The van der Waals surface area contributed by atoms with Crippen molar-refractivity contribution in [2.24, 2.45) is 29.6 Å². The van der Waals surface area contributed by atoms with E-state index in [1.54, 1.807) is 58.8 Å². The monoisotopic (exact) mass is 784 g/mol. The van der Waals surface area contributed by atoms with E-state index in [1.165, 1.54) is 0 Å². The Labute approximate surface area is 327 Å². The van der Waals surface area contributed by atoms with E-state index in [-0.39, 0.29) is 59.4 Å².